The summed E-state index contributed by atoms with van der Waals surface area (Å²) in [5.41, 5.74) is 1.22. The van der Waals surface area contributed by atoms with Crippen LogP contribution in [0.25, 0.3) is 0 Å². The first kappa shape index (κ1) is 18.7. The van der Waals surface area contributed by atoms with Crippen LogP contribution in [0.1, 0.15) is 17.4 Å². The molecule has 0 aliphatic carbocycles. The lowest BCUT2D eigenvalue weighted by atomic mass is 10.0. The fourth-order valence-electron chi connectivity index (χ4n) is 2.98. The molecule has 1 saturated heterocycles. The summed E-state index contributed by atoms with van der Waals surface area (Å²) in [6.45, 7) is 4.54. The number of hydrogen-bond acceptors (Lipinski definition) is 6. The lowest BCUT2D eigenvalue weighted by Crippen LogP contribution is -2.47. The van der Waals surface area contributed by atoms with Gasteiger partial charge in [0.1, 0.15) is 17.4 Å². The summed E-state index contributed by atoms with van der Waals surface area (Å²) in [5.74, 6) is 2.76. The molecule has 1 fully saturated rings. The number of benzene rings is 1. The summed E-state index contributed by atoms with van der Waals surface area (Å²) in [6.07, 6.45) is 1.83. The van der Waals surface area contributed by atoms with Crippen LogP contribution in [0.2, 0.25) is 0 Å². The van der Waals surface area contributed by atoms with Crippen LogP contribution in [0.3, 0.4) is 0 Å². The number of ether oxygens (including phenoxy) is 1. The number of aromatic nitrogens is 2. The van der Waals surface area contributed by atoms with E-state index in [1.54, 1.807) is 7.11 Å². The molecule has 7 heteroatoms. The molecule has 25 heavy (non-hydrogen) atoms. The molecular formula is C18H24N4O3. The maximum absolute atomic E-state index is 8.36. The number of para-hydroxylation sites is 1. The second-order valence-corrected chi connectivity index (χ2v) is 5.75. The summed E-state index contributed by atoms with van der Waals surface area (Å²) in [7, 11) is 3.90. The van der Waals surface area contributed by atoms with Gasteiger partial charge in [-0.25, -0.2) is 9.97 Å². The SMILES string of the molecule is COc1ccccc1C1CN(c2ccnc(C)n2)CCN1C.O=CO. The zero-order chi connectivity index (χ0) is 18.2. The van der Waals surface area contributed by atoms with Gasteiger partial charge in [-0.15, -0.1) is 0 Å². The maximum Gasteiger partial charge on any atom is 0.290 e. The topological polar surface area (TPSA) is 78.8 Å². The molecule has 3 rings (SSSR count). The van der Waals surface area contributed by atoms with Gasteiger partial charge in [-0.1, -0.05) is 18.2 Å². The Morgan fingerprint density at radius 3 is 2.68 bits per heavy atom. The van der Waals surface area contributed by atoms with Crippen molar-refractivity contribution in [2.45, 2.75) is 13.0 Å². The number of methoxy groups -OCH3 is 1. The molecule has 1 aromatic carbocycles. The Morgan fingerprint density at radius 2 is 2.00 bits per heavy atom. The molecular weight excluding hydrogens is 320 g/mol. The zero-order valence-electron chi connectivity index (χ0n) is 14.8. The van der Waals surface area contributed by atoms with E-state index in [2.05, 4.69) is 38.9 Å². The highest BCUT2D eigenvalue weighted by Gasteiger charge is 2.28. The van der Waals surface area contributed by atoms with Crippen molar-refractivity contribution in [3.05, 3.63) is 47.9 Å². The third-order valence-corrected chi connectivity index (χ3v) is 4.23. The number of carbonyl (C=O) groups is 1. The maximum atomic E-state index is 8.36. The van der Waals surface area contributed by atoms with Crippen LogP contribution in [-0.2, 0) is 4.79 Å². The fourth-order valence-corrected chi connectivity index (χ4v) is 2.98. The van der Waals surface area contributed by atoms with Crippen LogP contribution in [-0.4, -0.2) is 60.2 Å². The quantitative estimate of drug-likeness (QED) is 0.853. The largest absolute Gasteiger partial charge is 0.496 e. The molecule has 1 aromatic heterocycles. The lowest BCUT2D eigenvalue weighted by molar-refractivity contribution is -0.122. The van der Waals surface area contributed by atoms with Crippen molar-refractivity contribution in [3.8, 4) is 5.75 Å². The van der Waals surface area contributed by atoms with Crippen LogP contribution in [0.15, 0.2) is 36.5 Å². The highest BCUT2D eigenvalue weighted by molar-refractivity contribution is 5.42. The predicted octanol–water partition coefficient (Wildman–Crippen LogP) is 1.99. The van der Waals surface area contributed by atoms with E-state index in [1.807, 2.05) is 31.3 Å². The number of piperazine rings is 1. The Balaban J connectivity index is 0.000000701. The van der Waals surface area contributed by atoms with Gasteiger partial charge in [-0.3, -0.25) is 9.69 Å². The Kier molecular flexibility index (Phi) is 6.71. The molecule has 1 N–H and O–H groups in total. The zero-order valence-corrected chi connectivity index (χ0v) is 14.8. The molecule has 1 unspecified atom stereocenters. The molecule has 0 bridgehead atoms. The molecule has 0 spiro atoms. The van der Waals surface area contributed by atoms with Crippen LogP contribution in [0, 0.1) is 6.92 Å². The number of likely N-dealkylation sites (N-methyl/N-ethyl adjacent to an activating group) is 1. The van der Waals surface area contributed by atoms with Crippen molar-refractivity contribution in [2.75, 3.05) is 38.7 Å². The number of aryl methyl sites for hydroxylation is 1. The van der Waals surface area contributed by atoms with Gasteiger partial charge in [-0.05, 0) is 26.1 Å². The molecule has 1 aliphatic heterocycles. The second-order valence-electron chi connectivity index (χ2n) is 5.75. The van der Waals surface area contributed by atoms with Gasteiger partial charge in [0.25, 0.3) is 6.47 Å². The van der Waals surface area contributed by atoms with E-state index in [1.165, 1.54) is 5.56 Å². The molecule has 2 heterocycles. The second kappa shape index (κ2) is 8.98. The van der Waals surface area contributed by atoms with Gasteiger partial charge in [-0.2, -0.15) is 0 Å². The van der Waals surface area contributed by atoms with Gasteiger partial charge in [0, 0.05) is 31.4 Å². The molecule has 1 aliphatic rings. The smallest absolute Gasteiger partial charge is 0.290 e. The summed E-state index contributed by atoms with van der Waals surface area (Å²) >= 11 is 0. The fraction of sp³-hybridized carbons (Fsp3) is 0.389. The van der Waals surface area contributed by atoms with Crippen molar-refractivity contribution < 1.29 is 14.6 Å². The highest BCUT2D eigenvalue weighted by atomic mass is 16.5. The molecule has 0 radical (unpaired) electrons. The van der Waals surface area contributed by atoms with E-state index in [4.69, 9.17) is 14.6 Å². The first-order valence-corrected chi connectivity index (χ1v) is 8.06. The number of rotatable bonds is 3. The van der Waals surface area contributed by atoms with Gasteiger partial charge < -0.3 is 14.7 Å². The average Bonchev–Trinajstić information content (AvgIpc) is 2.63. The number of anilines is 1. The molecule has 7 nitrogen and oxygen atoms in total. The summed E-state index contributed by atoms with van der Waals surface area (Å²) in [5, 5.41) is 6.89. The minimum atomic E-state index is -0.250. The lowest BCUT2D eigenvalue weighted by Gasteiger charge is -2.40. The van der Waals surface area contributed by atoms with Crippen molar-refractivity contribution in [3.63, 3.8) is 0 Å². The van der Waals surface area contributed by atoms with Crippen LogP contribution in [0.4, 0.5) is 5.82 Å². The Hall–Kier alpha value is -2.67. The normalized spacial score (nSPS) is 17.4. The summed E-state index contributed by atoms with van der Waals surface area (Å²) < 4.78 is 5.54. The van der Waals surface area contributed by atoms with E-state index < -0.39 is 0 Å². The molecule has 134 valence electrons. The van der Waals surface area contributed by atoms with Crippen LogP contribution < -0.4 is 9.64 Å². The van der Waals surface area contributed by atoms with Crippen LogP contribution in [0.5, 0.6) is 5.75 Å². The predicted molar refractivity (Wildman–Crippen MR) is 96.0 cm³/mol. The minimum Gasteiger partial charge on any atom is -0.496 e. The first-order valence-electron chi connectivity index (χ1n) is 8.06. The van der Waals surface area contributed by atoms with E-state index >= 15 is 0 Å². The van der Waals surface area contributed by atoms with E-state index in [0.717, 1.165) is 37.0 Å². The van der Waals surface area contributed by atoms with E-state index in [-0.39, 0.29) is 6.47 Å². The molecule has 0 amide bonds. The molecule has 0 saturated carbocycles. The number of carboxylic acid groups (broad SMARTS) is 1. The van der Waals surface area contributed by atoms with Gasteiger partial charge in [0.2, 0.25) is 0 Å². The Labute approximate surface area is 147 Å². The molecule has 1 atom stereocenters. The standard InChI is InChI=1S/C17H22N4O.CH2O2/c1-13-18-9-8-17(19-13)21-11-10-20(2)15(12-21)14-6-4-5-7-16(14)22-3;2-1-3/h4-9,15H,10-12H2,1-3H3;1H,(H,2,3). The monoisotopic (exact) mass is 344 g/mol. The Morgan fingerprint density at radius 1 is 1.28 bits per heavy atom. The average molecular weight is 344 g/mol. The number of nitrogens with zero attached hydrogens (tertiary/aromatic N) is 4. The Bertz CT molecular complexity index is 696. The van der Waals surface area contributed by atoms with Gasteiger partial charge in [0.15, 0.2) is 0 Å². The van der Waals surface area contributed by atoms with Crippen molar-refractivity contribution in [2.24, 2.45) is 0 Å². The number of hydrogen-bond donors (Lipinski definition) is 1. The van der Waals surface area contributed by atoms with Crippen molar-refractivity contribution in [1.82, 2.24) is 14.9 Å². The summed E-state index contributed by atoms with van der Waals surface area (Å²) in [4.78, 5) is 21.8. The van der Waals surface area contributed by atoms with Crippen molar-refractivity contribution >= 4 is 12.3 Å². The highest BCUT2D eigenvalue weighted by Crippen LogP contribution is 2.32. The molecule has 2 aromatic rings. The van der Waals surface area contributed by atoms with Gasteiger partial charge in [0.05, 0.1) is 13.2 Å². The minimum absolute atomic E-state index is 0.250. The third kappa shape index (κ3) is 4.67. The first-order chi connectivity index (χ1) is 12.1. The van der Waals surface area contributed by atoms with Gasteiger partial charge >= 0.3 is 0 Å². The van der Waals surface area contributed by atoms with E-state index in [9.17, 15) is 0 Å². The van der Waals surface area contributed by atoms with E-state index in [0.29, 0.717) is 6.04 Å². The van der Waals surface area contributed by atoms with Crippen LogP contribution >= 0.6 is 0 Å². The third-order valence-electron chi connectivity index (χ3n) is 4.23. The van der Waals surface area contributed by atoms with Crippen molar-refractivity contribution in [1.29, 1.82) is 0 Å². The summed E-state index contributed by atoms with van der Waals surface area (Å²) in [6, 6.07) is 10.5.